The normalized spacial score (nSPS) is 20.4. The van der Waals surface area contributed by atoms with E-state index in [0.717, 1.165) is 18.4 Å². The van der Waals surface area contributed by atoms with Gasteiger partial charge in [0.05, 0.1) is 19.1 Å². The highest BCUT2D eigenvalue weighted by Gasteiger charge is 2.44. The first-order chi connectivity index (χ1) is 21.3. The number of nitrogens with one attached hydrogen (secondary N) is 2. The molecule has 1 atom stereocenters. The molecule has 0 spiro atoms. The standard InChI is InChI=1S/C32H45N5O7/c1-3-43-31(41)32(20-24-9-10-24)21-25-11-12-26(42-2)27(19-25)44-22-29(39)33-14-18-36(15-4-7-28(38)34-23-32)30(40)8-5-16-37-17-6-13-35-37/h6,11-13,17,19,24H,3-5,7-10,14-16,18,20-23H2,1-2H3,(H,33,39)(H,34,38). The van der Waals surface area contributed by atoms with Gasteiger partial charge in [0.1, 0.15) is 0 Å². The molecule has 1 aromatic heterocycles. The molecule has 1 aliphatic carbocycles. The summed E-state index contributed by atoms with van der Waals surface area (Å²) >= 11 is 0. The van der Waals surface area contributed by atoms with Crippen LogP contribution in [0.2, 0.25) is 0 Å². The Kier molecular flexibility index (Phi) is 12.0. The lowest BCUT2D eigenvalue weighted by molar-refractivity contribution is -0.156. The van der Waals surface area contributed by atoms with Crippen LogP contribution in [0.25, 0.3) is 0 Å². The largest absolute Gasteiger partial charge is 0.493 e. The number of aryl methyl sites for hydroxylation is 1. The molecule has 1 fully saturated rings. The molecule has 12 nitrogen and oxygen atoms in total. The maximum Gasteiger partial charge on any atom is 0.314 e. The molecule has 4 rings (SSSR count). The molecule has 44 heavy (non-hydrogen) atoms. The van der Waals surface area contributed by atoms with Gasteiger partial charge in [-0.1, -0.05) is 18.9 Å². The van der Waals surface area contributed by atoms with Gasteiger partial charge in [-0.25, -0.2) is 0 Å². The second-order valence-corrected chi connectivity index (χ2v) is 11.6. The number of ether oxygens (including phenoxy) is 3. The Morgan fingerprint density at radius 3 is 2.73 bits per heavy atom. The van der Waals surface area contributed by atoms with Crippen molar-refractivity contribution in [2.45, 2.75) is 64.8 Å². The van der Waals surface area contributed by atoms with Crippen molar-refractivity contribution in [3.63, 3.8) is 0 Å². The van der Waals surface area contributed by atoms with Crippen LogP contribution in [0.15, 0.2) is 36.7 Å². The van der Waals surface area contributed by atoms with Crippen LogP contribution in [-0.4, -0.2) is 84.9 Å². The zero-order chi connectivity index (χ0) is 31.4. The predicted molar refractivity (Wildman–Crippen MR) is 162 cm³/mol. The van der Waals surface area contributed by atoms with Crippen molar-refractivity contribution in [1.82, 2.24) is 25.3 Å². The fourth-order valence-electron chi connectivity index (χ4n) is 5.58. The smallest absolute Gasteiger partial charge is 0.314 e. The van der Waals surface area contributed by atoms with Gasteiger partial charge in [-0.15, -0.1) is 0 Å². The van der Waals surface area contributed by atoms with Gasteiger partial charge in [0.15, 0.2) is 18.1 Å². The summed E-state index contributed by atoms with van der Waals surface area (Å²) in [6.07, 6.45) is 8.14. The number of hydrogen-bond donors (Lipinski definition) is 2. The minimum absolute atomic E-state index is 0.0511. The van der Waals surface area contributed by atoms with Crippen LogP contribution in [0.5, 0.6) is 11.5 Å². The Labute approximate surface area is 258 Å². The number of fused-ring (bicyclic) bond motifs is 2. The van der Waals surface area contributed by atoms with Crippen molar-refractivity contribution in [3.05, 3.63) is 42.2 Å². The number of carbonyl (C=O) groups is 4. The number of amides is 3. The van der Waals surface area contributed by atoms with E-state index in [9.17, 15) is 19.2 Å². The fourth-order valence-corrected chi connectivity index (χ4v) is 5.58. The van der Waals surface area contributed by atoms with Crippen LogP contribution in [0, 0.1) is 11.3 Å². The number of carbonyl (C=O) groups excluding carboxylic acids is 4. The number of aromatic nitrogens is 2. The Hall–Kier alpha value is -4.09. The molecular weight excluding hydrogens is 566 g/mol. The summed E-state index contributed by atoms with van der Waals surface area (Å²) in [6.45, 7) is 3.46. The van der Waals surface area contributed by atoms with E-state index in [1.165, 1.54) is 7.11 Å². The first kappa shape index (κ1) is 32.8. The Morgan fingerprint density at radius 2 is 2.00 bits per heavy atom. The maximum atomic E-state index is 13.5. The van der Waals surface area contributed by atoms with Gasteiger partial charge in [0.2, 0.25) is 11.8 Å². The van der Waals surface area contributed by atoms with E-state index in [0.29, 0.717) is 69.2 Å². The third kappa shape index (κ3) is 9.72. The molecule has 0 saturated heterocycles. The molecular formula is C32H45N5O7. The van der Waals surface area contributed by atoms with Crippen molar-refractivity contribution < 1.29 is 33.4 Å². The van der Waals surface area contributed by atoms with Crippen molar-refractivity contribution in [2.24, 2.45) is 11.3 Å². The SMILES string of the molecule is CCOC(=O)C1(CC2CC2)CNC(=O)CCCN(C(=O)CCCn2cccn2)CCNC(=O)COc2cc(ccc2OC)C1. The van der Waals surface area contributed by atoms with Gasteiger partial charge in [-0.2, -0.15) is 5.10 Å². The monoisotopic (exact) mass is 611 g/mol. The average Bonchev–Trinajstić information content (AvgIpc) is 3.67. The summed E-state index contributed by atoms with van der Waals surface area (Å²) in [5.41, 5.74) is -0.148. The lowest BCUT2D eigenvalue weighted by Crippen LogP contribution is -2.46. The lowest BCUT2D eigenvalue weighted by atomic mass is 9.76. The third-order valence-corrected chi connectivity index (χ3v) is 8.06. The number of methoxy groups -OCH3 is 1. The van der Waals surface area contributed by atoms with Crippen LogP contribution in [0.4, 0.5) is 0 Å². The number of rotatable bonds is 9. The molecule has 1 unspecified atom stereocenters. The summed E-state index contributed by atoms with van der Waals surface area (Å²) in [5, 5.41) is 10.0. The molecule has 1 saturated carbocycles. The lowest BCUT2D eigenvalue weighted by Gasteiger charge is -2.32. The number of hydrogen-bond acceptors (Lipinski definition) is 8. The average molecular weight is 612 g/mol. The maximum absolute atomic E-state index is 13.5. The van der Waals surface area contributed by atoms with E-state index in [-0.39, 0.29) is 56.4 Å². The number of benzene rings is 1. The predicted octanol–water partition coefficient (Wildman–Crippen LogP) is 2.50. The molecule has 2 bridgehead atoms. The minimum atomic E-state index is -0.960. The van der Waals surface area contributed by atoms with E-state index in [1.807, 2.05) is 18.3 Å². The van der Waals surface area contributed by atoms with Crippen LogP contribution in [0.3, 0.4) is 0 Å². The minimum Gasteiger partial charge on any atom is -0.493 e. The molecule has 2 aliphatic rings. The molecule has 2 heterocycles. The molecule has 240 valence electrons. The molecule has 2 N–H and O–H groups in total. The number of nitrogens with zero attached hydrogens (tertiary/aromatic N) is 3. The van der Waals surface area contributed by atoms with Crippen molar-refractivity contribution in [3.8, 4) is 11.5 Å². The Balaban J connectivity index is 1.52. The molecule has 1 aromatic carbocycles. The van der Waals surface area contributed by atoms with Gasteiger partial charge in [0.25, 0.3) is 5.91 Å². The Morgan fingerprint density at radius 1 is 1.16 bits per heavy atom. The van der Waals surface area contributed by atoms with Crippen LogP contribution < -0.4 is 20.1 Å². The van der Waals surface area contributed by atoms with Gasteiger partial charge in [0, 0.05) is 58.0 Å². The summed E-state index contributed by atoms with van der Waals surface area (Å²) < 4.78 is 18.7. The summed E-state index contributed by atoms with van der Waals surface area (Å²) in [5.74, 6) is 0.312. The second kappa shape index (κ2) is 16.1. The first-order valence-corrected chi connectivity index (χ1v) is 15.6. The zero-order valence-electron chi connectivity index (χ0n) is 25.8. The molecule has 3 amide bonds. The van der Waals surface area contributed by atoms with Crippen molar-refractivity contribution in [1.29, 1.82) is 0 Å². The third-order valence-electron chi connectivity index (χ3n) is 8.06. The van der Waals surface area contributed by atoms with Gasteiger partial charge >= 0.3 is 5.97 Å². The quantitative estimate of drug-likeness (QED) is 0.412. The first-order valence-electron chi connectivity index (χ1n) is 15.6. The second-order valence-electron chi connectivity index (χ2n) is 11.6. The summed E-state index contributed by atoms with van der Waals surface area (Å²) in [6, 6.07) is 7.24. The molecule has 1 aliphatic heterocycles. The van der Waals surface area contributed by atoms with Crippen LogP contribution in [-0.2, 0) is 36.9 Å². The van der Waals surface area contributed by atoms with E-state index in [2.05, 4.69) is 15.7 Å². The highest BCUT2D eigenvalue weighted by molar-refractivity contribution is 5.81. The fraction of sp³-hybridized carbons (Fsp3) is 0.594. The van der Waals surface area contributed by atoms with E-state index in [4.69, 9.17) is 14.2 Å². The van der Waals surface area contributed by atoms with Gasteiger partial charge < -0.3 is 29.7 Å². The Bertz CT molecular complexity index is 1260. The summed E-state index contributed by atoms with van der Waals surface area (Å²) in [7, 11) is 1.52. The van der Waals surface area contributed by atoms with E-state index < -0.39 is 5.41 Å². The van der Waals surface area contributed by atoms with E-state index in [1.54, 1.807) is 34.8 Å². The molecule has 0 radical (unpaired) electrons. The van der Waals surface area contributed by atoms with Gasteiger partial charge in [-0.05, 0) is 62.3 Å². The van der Waals surface area contributed by atoms with E-state index >= 15 is 0 Å². The molecule has 2 aromatic rings. The highest BCUT2D eigenvalue weighted by atomic mass is 16.5. The zero-order valence-corrected chi connectivity index (χ0v) is 25.8. The van der Waals surface area contributed by atoms with Crippen LogP contribution >= 0.6 is 0 Å². The molecule has 12 heteroatoms. The summed E-state index contributed by atoms with van der Waals surface area (Å²) in [4.78, 5) is 54.1. The number of esters is 1. The van der Waals surface area contributed by atoms with Crippen LogP contribution in [0.1, 0.15) is 57.4 Å². The highest BCUT2D eigenvalue weighted by Crippen LogP contribution is 2.43. The topological polar surface area (TPSA) is 141 Å². The van der Waals surface area contributed by atoms with Crippen molar-refractivity contribution in [2.75, 3.05) is 46.5 Å². The van der Waals surface area contributed by atoms with Gasteiger partial charge in [-0.3, -0.25) is 23.9 Å². The van der Waals surface area contributed by atoms with Crippen molar-refractivity contribution >= 4 is 23.7 Å².